The van der Waals surface area contributed by atoms with E-state index in [1.165, 1.54) is 6.08 Å². The Bertz CT molecular complexity index is 988. The molecular formula is C24H28N4O4. The Balaban J connectivity index is 1.58. The fourth-order valence-electron chi connectivity index (χ4n) is 3.48. The number of benzene rings is 1. The number of ether oxygens (including phenoxy) is 2. The Labute approximate surface area is 187 Å². The van der Waals surface area contributed by atoms with Crippen molar-refractivity contribution in [2.45, 2.75) is 12.8 Å². The van der Waals surface area contributed by atoms with Crippen LogP contribution in [-0.4, -0.2) is 43.6 Å². The van der Waals surface area contributed by atoms with Crippen LogP contribution >= 0.6 is 0 Å². The predicted octanol–water partition coefficient (Wildman–Crippen LogP) is 3.01. The number of aromatic nitrogens is 1. The highest BCUT2D eigenvalue weighted by Crippen LogP contribution is 2.28. The number of nitrogens with zero attached hydrogens (tertiary/aromatic N) is 2. The van der Waals surface area contributed by atoms with Crippen LogP contribution in [0.1, 0.15) is 18.4 Å². The van der Waals surface area contributed by atoms with Gasteiger partial charge in [0.05, 0.1) is 24.9 Å². The second-order valence-corrected chi connectivity index (χ2v) is 7.43. The minimum absolute atomic E-state index is 0.156. The summed E-state index contributed by atoms with van der Waals surface area (Å²) in [5.74, 6) is 1.23. The van der Waals surface area contributed by atoms with E-state index in [0.29, 0.717) is 30.3 Å². The molecule has 0 aliphatic carbocycles. The van der Waals surface area contributed by atoms with E-state index in [-0.39, 0.29) is 17.7 Å². The van der Waals surface area contributed by atoms with E-state index in [9.17, 15) is 9.59 Å². The molecule has 168 valence electrons. The van der Waals surface area contributed by atoms with E-state index in [1.807, 2.05) is 17.0 Å². The molecule has 1 aliphatic heterocycles. The Kier molecular flexibility index (Phi) is 7.85. The molecule has 2 amide bonds. The lowest BCUT2D eigenvalue weighted by atomic mass is 9.97. The number of hydrogen-bond donors (Lipinski definition) is 2. The van der Waals surface area contributed by atoms with E-state index in [1.54, 1.807) is 43.7 Å². The summed E-state index contributed by atoms with van der Waals surface area (Å²) in [6, 6.07) is 9.02. The van der Waals surface area contributed by atoms with Crippen molar-refractivity contribution in [1.82, 2.24) is 4.98 Å². The van der Waals surface area contributed by atoms with E-state index in [0.717, 1.165) is 30.8 Å². The lowest BCUT2D eigenvalue weighted by Gasteiger charge is -2.32. The molecule has 2 aromatic rings. The van der Waals surface area contributed by atoms with E-state index < -0.39 is 0 Å². The topological polar surface area (TPSA) is 107 Å². The van der Waals surface area contributed by atoms with Crippen molar-refractivity contribution in [3.05, 3.63) is 60.8 Å². The van der Waals surface area contributed by atoms with Gasteiger partial charge in [-0.15, -0.1) is 0 Å². The zero-order valence-corrected chi connectivity index (χ0v) is 18.1. The second kappa shape index (κ2) is 11.0. The van der Waals surface area contributed by atoms with E-state index in [2.05, 4.69) is 16.9 Å². The van der Waals surface area contributed by atoms with Crippen molar-refractivity contribution in [1.29, 1.82) is 0 Å². The van der Waals surface area contributed by atoms with Crippen LogP contribution in [0, 0.1) is 5.92 Å². The average Bonchev–Trinajstić information content (AvgIpc) is 2.82. The van der Waals surface area contributed by atoms with Gasteiger partial charge in [0.15, 0.2) is 11.5 Å². The summed E-state index contributed by atoms with van der Waals surface area (Å²) in [4.78, 5) is 30.2. The van der Waals surface area contributed by atoms with Crippen molar-refractivity contribution in [2.24, 2.45) is 11.7 Å². The van der Waals surface area contributed by atoms with E-state index >= 15 is 0 Å². The number of carbonyl (C=O) groups is 2. The van der Waals surface area contributed by atoms with Gasteiger partial charge in [0.25, 0.3) is 0 Å². The summed E-state index contributed by atoms with van der Waals surface area (Å²) >= 11 is 0. The van der Waals surface area contributed by atoms with Crippen LogP contribution in [-0.2, 0) is 9.59 Å². The summed E-state index contributed by atoms with van der Waals surface area (Å²) in [5, 5.41) is 2.79. The molecule has 1 aliphatic rings. The summed E-state index contributed by atoms with van der Waals surface area (Å²) in [5.41, 5.74) is 6.82. The van der Waals surface area contributed by atoms with Gasteiger partial charge in [-0.3, -0.25) is 9.59 Å². The lowest BCUT2D eigenvalue weighted by Crippen LogP contribution is -2.41. The van der Waals surface area contributed by atoms with Gasteiger partial charge in [0.2, 0.25) is 11.8 Å². The maximum Gasteiger partial charge on any atom is 0.248 e. The maximum atomic E-state index is 12.3. The molecule has 0 bridgehead atoms. The van der Waals surface area contributed by atoms with Crippen LogP contribution in [0.3, 0.4) is 0 Å². The number of piperidine rings is 1. The highest BCUT2D eigenvalue weighted by molar-refractivity contribution is 6.01. The van der Waals surface area contributed by atoms with Crippen LogP contribution < -0.4 is 25.4 Å². The first-order chi connectivity index (χ1) is 15.5. The summed E-state index contributed by atoms with van der Waals surface area (Å²) in [6.07, 6.45) is 8.09. The highest BCUT2D eigenvalue weighted by Gasteiger charge is 2.24. The Morgan fingerprint density at radius 1 is 1.31 bits per heavy atom. The first-order valence-electron chi connectivity index (χ1n) is 10.4. The van der Waals surface area contributed by atoms with Gasteiger partial charge in [-0.05, 0) is 48.7 Å². The van der Waals surface area contributed by atoms with Crippen LogP contribution in [0.15, 0.2) is 55.3 Å². The third-order valence-corrected chi connectivity index (χ3v) is 5.13. The quantitative estimate of drug-likeness (QED) is 0.462. The lowest BCUT2D eigenvalue weighted by molar-refractivity contribution is -0.122. The number of pyridine rings is 1. The smallest absolute Gasteiger partial charge is 0.248 e. The molecular weight excluding hydrogens is 408 g/mol. The first-order valence-corrected chi connectivity index (χ1v) is 10.4. The molecule has 8 heteroatoms. The van der Waals surface area contributed by atoms with Crippen LogP contribution in [0.2, 0.25) is 0 Å². The van der Waals surface area contributed by atoms with Crippen molar-refractivity contribution in [3.63, 3.8) is 0 Å². The van der Waals surface area contributed by atoms with Crippen LogP contribution in [0.5, 0.6) is 11.5 Å². The number of carbonyl (C=O) groups excluding carboxylic acids is 2. The number of amides is 2. The van der Waals surface area contributed by atoms with Gasteiger partial charge in [0, 0.05) is 19.2 Å². The number of nitrogens with two attached hydrogens (primary N) is 1. The molecule has 2 heterocycles. The summed E-state index contributed by atoms with van der Waals surface area (Å²) in [7, 11) is 1.56. The van der Waals surface area contributed by atoms with Gasteiger partial charge in [0.1, 0.15) is 12.4 Å². The molecule has 32 heavy (non-hydrogen) atoms. The fourth-order valence-corrected chi connectivity index (χ4v) is 3.48. The standard InChI is InChI=1S/C24H28N4O4/c1-3-13-32-20-9-6-17(14-21(20)31-2)7-11-23(29)27-19-8-10-22(26-15-19)28-12-4-5-18(16-28)24(25)30/h3,6-11,14-15,18H,1,4-5,12-13,16H2,2H3,(H2,25,30)(H,27,29)/b11-7+. The molecule has 1 atom stereocenters. The van der Waals surface area contributed by atoms with Crippen molar-refractivity contribution >= 4 is 29.4 Å². The normalized spacial score (nSPS) is 15.9. The minimum Gasteiger partial charge on any atom is -0.493 e. The number of nitrogens with one attached hydrogen (secondary N) is 1. The molecule has 0 saturated carbocycles. The number of anilines is 2. The van der Waals surface area contributed by atoms with Gasteiger partial charge in [-0.2, -0.15) is 0 Å². The second-order valence-electron chi connectivity index (χ2n) is 7.43. The van der Waals surface area contributed by atoms with Gasteiger partial charge in [-0.1, -0.05) is 18.7 Å². The molecule has 0 spiro atoms. The highest BCUT2D eigenvalue weighted by atomic mass is 16.5. The van der Waals surface area contributed by atoms with Crippen molar-refractivity contribution < 1.29 is 19.1 Å². The Hall–Kier alpha value is -3.81. The Morgan fingerprint density at radius 2 is 2.16 bits per heavy atom. The van der Waals surface area contributed by atoms with Gasteiger partial charge < -0.3 is 25.4 Å². The van der Waals surface area contributed by atoms with Crippen LogP contribution in [0.4, 0.5) is 11.5 Å². The van der Waals surface area contributed by atoms with Gasteiger partial charge >= 0.3 is 0 Å². The Morgan fingerprint density at radius 3 is 2.84 bits per heavy atom. The minimum atomic E-state index is -0.280. The largest absolute Gasteiger partial charge is 0.493 e. The van der Waals surface area contributed by atoms with Crippen molar-refractivity contribution in [3.8, 4) is 11.5 Å². The van der Waals surface area contributed by atoms with Crippen molar-refractivity contribution in [2.75, 3.05) is 37.0 Å². The predicted molar refractivity (Wildman–Crippen MR) is 125 cm³/mol. The zero-order valence-electron chi connectivity index (χ0n) is 18.1. The fraction of sp³-hybridized carbons (Fsp3) is 0.292. The molecule has 1 fully saturated rings. The SMILES string of the molecule is C=CCOc1ccc(/C=C/C(=O)Nc2ccc(N3CCCC(C(N)=O)C3)nc2)cc1OC. The number of rotatable bonds is 9. The summed E-state index contributed by atoms with van der Waals surface area (Å²) in [6.45, 7) is 5.40. The molecule has 1 aromatic carbocycles. The molecule has 1 aromatic heterocycles. The molecule has 1 unspecified atom stereocenters. The summed E-state index contributed by atoms with van der Waals surface area (Å²) < 4.78 is 10.9. The van der Waals surface area contributed by atoms with Gasteiger partial charge in [-0.25, -0.2) is 4.98 Å². The number of primary amides is 1. The number of hydrogen-bond acceptors (Lipinski definition) is 6. The average molecular weight is 437 g/mol. The molecule has 3 rings (SSSR count). The first kappa shape index (κ1) is 22.9. The molecule has 8 nitrogen and oxygen atoms in total. The maximum absolute atomic E-state index is 12.3. The molecule has 0 radical (unpaired) electrons. The monoisotopic (exact) mass is 436 g/mol. The molecule has 3 N–H and O–H groups in total. The third kappa shape index (κ3) is 6.10. The zero-order chi connectivity index (χ0) is 22.9. The van der Waals surface area contributed by atoms with Crippen LogP contribution in [0.25, 0.3) is 6.08 Å². The molecule has 1 saturated heterocycles. The third-order valence-electron chi connectivity index (χ3n) is 5.13. The number of methoxy groups -OCH3 is 1. The van der Waals surface area contributed by atoms with E-state index in [4.69, 9.17) is 15.2 Å².